The lowest BCUT2D eigenvalue weighted by Gasteiger charge is -2.15. The van der Waals surface area contributed by atoms with Crippen molar-refractivity contribution >= 4 is 39.1 Å². The molecular formula is C23H20BrCl2NO4. The number of hydrogen-bond donors (Lipinski definition) is 1. The van der Waals surface area contributed by atoms with Crippen molar-refractivity contribution in [1.29, 1.82) is 0 Å². The van der Waals surface area contributed by atoms with Gasteiger partial charge in [-0.15, -0.1) is 0 Å². The Bertz CT molecular complexity index is 1090. The summed E-state index contributed by atoms with van der Waals surface area (Å²) in [7, 11) is 1.62. The summed E-state index contributed by atoms with van der Waals surface area (Å²) in [6.45, 7) is 1.93. The first-order valence-corrected chi connectivity index (χ1v) is 11.1. The fourth-order valence-corrected chi connectivity index (χ4v) is 4.27. The van der Waals surface area contributed by atoms with Crippen LogP contribution < -0.4 is 24.3 Å². The zero-order valence-electron chi connectivity index (χ0n) is 16.7. The molecule has 8 heteroatoms. The number of nitrogens with one attached hydrogen (secondary N) is 1. The first-order valence-electron chi connectivity index (χ1n) is 9.56. The van der Waals surface area contributed by atoms with E-state index in [0.29, 0.717) is 41.2 Å². The average Bonchev–Trinajstić information content (AvgIpc) is 3.21. The first kappa shape index (κ1) is 22.1. The van der Waals surface area contributed by atoms with E-state index in [1.807, 2.05) is 36.4 Å². The van der Waals surface area contributed by atoms with Crippen LogP contribution in [0.25, 0.3) is 0 Å². The predicted octanol–water partition coefficient (Wildman–Crippen LogP) is 6.36. The van der Waals surface area contributed by atoms with E-state index in [9.17, 15) is 0 Å². The van der Waals surface area contributed by atoms with E-state index < -0.39 is 0 Å². The van der Waals surface area contributed by atoms with Crippen molar-refractivity contribution in [3.05, 3.63) is 79.7 Å². The standard InChI is InChI=1S/C23H20BrCl2NO4/c1-28-22-8-15(11-27-10-14-2-5-20-21(7-14)31-13-30-20)6-18(24)23(22)29-12-16-3-4-17(25)9-19(16)26/h2-9,27H,10-13H2,1H3. The van der Waals surface area contributed by atoms with Crippen LogP contribution in [0.5, 0.6) is 23.0 Å². The zero-order chi connectivity index (χ0) is 21.8. The molecule has 1 N–H and O–H groups in total. The maximum absolute atomic E-state index is 6.24. The molecule has 0 atom stereocenters. The molecule has 0 spiro atoms. The highest BCUT2D eigenvalue weighted by molar-refractivity contribution is 9.10. The van der Waals surface area contributed by atoms with E-state index in [0.717, 1.165) is 32.7 Å². The molecule has 0 bridgehead atoms. The number of halogens is 3. The van der Waals surface area contributed by atoms with Crippen LogP contribution in [0.1, 0.15) is 16.7 Å². The lowest BCUT2D eigenvalue weighted by molar-refractivity contribution is 0.174. The van der Waals surface area contributed by atoms with Gasteiger partial charge in [0.15, 0.2) is 23.0 Å². The molecule has 0 amide bonds. The smallest absolute Gasteiger partial charge is 0.231 e. The van der Waals surface area contributed by atoms with Crippen LogP contribution in [0.4, 0.5) is 0 Å². The summed E-state index contributed by atoms with van der Waals surface area (Å²) >= 11 is 15.8. The highest BCUT2D eigenvalue weighted by Crippen LogP contribution is 2.38. The summed E-state index contributed by atoms with van der Waals surface area (Å²) in [4.78, 5) is 0. The second kappa shape index (κ2) is 10.0. The fraction of sp³-hybridized carbons (Fsp3) is 0.217. The topological polar surface area (TPSA) is 49.0 Å². The van der Waals surface area contributed by atoms with Gasteiger partial charge in [-0.2, -0.15) is 0 Å². The van der Waals surface area contributed by atoms with Gasteiger partial charge in [-0.3, -0.25) is 0 Å². The Kier molecular flexibility index (Phi) is 7.13. The highest BCUT2D eigenvalue weighted by atomic mass is 79.9. The molecular weight excluding hydrogens is 505 g/mol. The molecule has 162 valence electrons. The third kappa shape index (κ3) is 5.39. The second-order valence-corrected chi connectivity index (χ2v) is 8.62. The molecule has 0 aliphatic carbocycles. The molecule has 0 radical (unpaired) electrons. The fourth-order valence-electron chi connectivity index (χ4n) is 3.21. The summed E-state index contributed by atoms with van der Waals surface area (Å²) in [5.41, 5.74) is 3.02. The van der Waals surface area contributed by atoms with Gasteiger partial charge in [-0.05, 0) is 63.5 Å². The van der Waals surface area contributed by atoms with Crippen molar-refractivity contribution in [2.75, 3.05) is 13.9 Å². The summed E-state index contributed by atoms with van der Waals surface area (Å²) in [5.74, 6) is 2.83. The highest BCUT2D eigenvalue weighted by Gasteiger charge is 2.15. The van der Waals surface area contributed by atoms with Gasteiger partial charge in [0.25, 0.3) is 0 Å². The van der Waals surface area contributed by atoms with Gasteiger partial charge in [0, 0.05) is 28.7 Å². The summed E-state index contributed by atoms with van der Waals surface area (Å²) < 4.78 is 23.1. The van der Waals surface area contributed by atoms with Crippen molar-refractivity contribution in [3.8, 4) is 23.0 Å². The molecule has 0 fully saturated rings. The van der Waals surface area contributed by atoms with Crippen LogP contribution in [0.2, 0.25) is 10.0 Å². The van der Waals surface area contributed by atoms with Crippen molar-refractivity contribution < 1.29 is 18.9 Å². The first-order chi connectivity index (χ1) is 15.0. The molecule has 0 saturated heterocycles. The third-order valence-electron chi connectivity index (χ3n) is 4.77. The van der Waals surface area contributed by atoms with Crippen molar-refractivity contribution in [1.82, 2.24) is 5.32 Å². The number of hydrogen-bond acceptors (Lipinski definition) is 5. The van der Waals surface area contributed by atoms with E-state index in [4.69, 9.17) is 42.1 Å². The molecule has 5 nitrogen and oxygen atoms in total. The molecule has 3 aromatic rings. The summed E-state index contributed by atoms with van der Waals surface area (Å²) in [6.07, 6.45) is 0. The molecule has 0 saturated carbocycles. The molecule has 1 aliphatic heterocycles. The minimum absolute atomic E-state index is 0.276. The molecule has 31 heavy (non-hydrogen) atoms. The predicted molar refractivity (Wildman–Crippen MR) is 125 cm³/mol. The van der Waals surface area contributed by atoms with Crippen molar-refractivity contribution in [2.24, 2.45) is 0 Å². The van der Waals surface area contributed by atoms with Crippen LogP contribution in [0.15, 0.2) is 53.0 Å². The largest absolute Gasteiger partial charge is 0.493 e. The molecule has 4 rings (SSSR count). The van der Waals surface area contributed by atoms with Gasteiger partial charge in [0.2, 0.25) is 6.79 Å². The van der Waals surface area contributed by atoms with Gasteiger partial charge in [0.1, 0.15) is 6.61 Å². The van der Waals surface area contributed by atoms with Crippen LogP contribution in [0, 0.1) is 0 Å². The quantitative estimate of drug-likeness (QED) is 0.371. The maximum atomic E-state index is 6.24. The molecule has 1 heterocycles. The van der Waals surface area contributed by atoms with E-state index >= 15 is 0 Å². The number of rotatable bonds is 8. The SMILES string of the molecule is COc1cc(CNCc2ccc3c(c2)OCO3)cc(Br)c1OCc1ccc(Cl)cc1Cl. The lowest BCUT2D eigenvalue weighted by atomic mass is 10.1. The molecule has 3 aromatic carbocycles. The van der Waals surface area contributed by atoms with Gasteiger partial charge in [-0.1, -0.05) is 35.3 Å². The Morgan fingerprint density at radius 3 is 2.58 bits per heavy atom. The second-order valence-electron chi connectivity index (χ2n) is 6.92. The zero-order valence-corrected chi connectivity index (χ0v) is 19.8. The van der Waals surface area contributed by atoms with Gasteiger partial charge in [0.05, 0.1) is 11.6 Å². The van der Waals surface area contributed by atoms with E-state index in [1.165, 1.54) is 0 Å². The Hall–Kier alpha value is -2.12. The summed E-state index contributed by atoms with van der Waals surface area (Å²) in [6, 6.07) is 15.2. The number of methoxy groups -OCH3 is 1. The lowest BCUT2D eigenvalue weighted by Crippen LogP contribution is -2.13. The Morgan fingerprint density at radius 1 is 0.968 bits per heavy atom. The molecule has 0 unspecified atom stereocenters. The molecule has 0 aromatic heterocycles. The van der Waals surface area contributed by atoms with Crippen molar-refractivity contribution in [2.45, 2.75) is 19.7 Å². The number of fused-ring (bicyclic) bond motifs is 1. The number of ether oxygens (including phenoxy) is 4. The Balaban J connectivity index is 1.39. The Labute approximate surface area is 199 Å². The van der Waals surface area contributed by atoms with E-state index in [1.54, 1.807) is 19.2 Å². The maximum Gasteiger partial charge on any atom is 0.231 e. The van der Waals surface area contributed by atoms with Gasteiger partial charge < -0.3 is 24.3 Å². The average molecular weight is 525 g/mol. The summed E-state index contributed by atoms with van der Waals surface area (Å²) in [5, 5.41) is 4.58. The van der Waals surface area contributed by atoms with Crippen LogP contribution in [-0.4, -0.2) is 13.9 Å². The van der Waals surface area contributed by atoms with Crippen LogP contribution in [-0.2, 0) is 19.7 Å². The third-order valence-corrected chi connectivity index (χ3v) is 5.95. The minimum Gasteiger partial charge on any atom is -0.493 e. The Morgan fingerprint density at radius 2 is 1.77 bits per heavy atom. The van der Waals surface area contributed by atoms with Gasteiger partial charge >= 0.3 is 0 Å². The van der Waals surface area contributed by atoms with Crippen molar-refractivity contribution in [3.63, 3.8) is 0 Å². The van der Waals surface area contributed by atoms with E-state index in [2.05, 4.69) is 21.2 Å². The molecule has 1 aliphatic rings. The van der Waals surface area contributed by atoms with Crippen LogP contribution in [0.3, 0.4) is 0 Å². The monoisotopic (exact) mass is 523 g/mol. The van der Waals surface area contributed by atoms with Crippen LogP contribution >= 0.6 is 39.1 Å². The van der Waals surface area contributed by atoms with Gasteiger partial charge in [-0.25, -0.2) is 0 Å². The van der Waals surface area contributed by atoms with E-state index in [-0.39, 0.29) is 6.79 Å². The minimum atomic E-state index is 0.276. The number of benzene rings is 3. The normalized spacial score (nSPS) is 12.1.